The molecule has 3 aromatic rings. The summed E-state index contributed by atoms with van der Waals surface area (Å²) >= 11 is 6.10. The number of carbonyl (C=O) groups excluding carboxylic acids is 3. The van der Waals surface area contributed by atoms with Gasteiger partial charge in [0.25, 0.3) is 5.91 Å². The van der Waals surface area contributed by atoms with Crippen LogP contribution in [-0.4, -0.2) is 36.9 Å². The molecule has 2 atom stereocenters. The molecular formula is C33H38ClN3O4. The number of rotatable bonds is 8. The van der Waals surface area contributed by atoms with Gasteiger partial charge < -0.3 is 19.9 Å². The molecule has 0 saturated carbocycles. The number of ether oxygens (including phenoxy) is 1. The second-order valence-corrected chi connectivity index (χ2v) is 11.9. The summed E-state index contributed by atoms with van der Waals surface area (Å²) in [7, 11) is 0. The van der Waals surface area contributed by atoms with E-state index in [1.165, 1.54) is 0 Å². The van der Waals surface area contributed by atoms with E-state index >= 15 is 0 Å². The molecule has 2 unspecified atom stereocenters. The van der Waals surface area contributed by atoms with E-state index < -0.39 is 5.41 Å². The van der Waals surface area contributed by atoms with Crippen molar-refractivity contribution >= 4 is 40.7 Å². The summed E-state index contributed by atoms with van der Waals surface area (Å²) < 4.78 is 5.82. The average molecular weight is 576 g/mol. The summed E-state index contributed by atoms with van der Waals surface area (Å²) in [5.41, 5.74) is 2.61. The lowest BCUT2D eigenvalue weighted by Gasteiger charge is -2.43. The van der Waals surface area contributed by atoms with Gasteiger partial charge in [0, 0.05) is 46.9 Å². The number of anilines is 2. The van der Waals surface area contributed by atoms with E-state index in [1.807, 2.05) is 69.0 Å². The maximum Gasteiger partial charge on any atom is 0.258 e. The molecule has 1 aliphatic rings. The molecule has 0 aromatic heterocycles. The van der Waals surface area contributed by atoms with Crippen LogP contribution in [0.15, 0.2) is 72.8 Å². The zero-order chi connectivity index (χ0) is 29.7. The van der Waals surface area contributed by atoms with E-state index in [1.54, 1.807) is 48.2 Å². The van der Waals surface area contributed by atoms with Gasteiger partial charge in [0.1, 0.15) is 5.75 Å². The van der Waals surface area contributed by atoms with Gasteiger partial charge in [0.2, 0.25) is 11.8 Å². The molecule has 0 aliphatic carbocycles. The molecule has 8 heteroatoms. The van der Waals surface area contributed by atoms with Crippen molar-refractivity contribution in [2.45, 2.75) is 59.5 Å². The van der Waals surface area contributed by atoms with Crippen molar-refractivity contribution in [2.24, 2.45) is 5.41 Å². The molecule has 1 N–H and O–H groups in total. The quantitative estimate of drug-likeness (QED) is 0.299. The Kier molecular flexibility index (Phi) is 9.38. The van der Waals surface area contributed by atoms with Gasteiger partial charge >= 0.3 is 0 Å². The Morgan fingerprint density at radius 1 is 1.00 bits per heavy atom. The Labute approximate surface area is 247 Å². The highest BCUT2D eigenvalue weighted by molar-refractivity contribution is 6.30. The number of fused-ring (bicyclic) bond motifs is 1. The van der Waals surface area contributed by atoms with Crippen molar-refractivity contribution < 1.29 is 19.1 Å². The highest BCUT2D eigenvalue weighted by atomic mass is 35.5. The zero-order valence-electron chi connectivity index (χ0n) is 24.3. The number of halogens is 1. The highest BCUT2D eigenvalue weighted by Crippen LogP contribution is 2.43. The SMILES string of the molecule is CC(=O)N(c1ccc(Cl)cc1)C1CC(C)N(C(=O)c2ccc(OCCCNC(=O)C(C)(C)C)cc2)c2ccccc21. The molecule has 7 nitrogen and oxygen atoms in total. The molecule has 0 radical (unpaired) electrons. The second kappa shape index (κ2) is 12.8. The molecule has 216 valence electrons. The van der Waals surface area contributed by atoms with Crippen LogP contribution in [0, 0.1) is 5.41 Å². The van der Waals surface area contributed by atoms with Gasteiger partial charge in [-0.3, -0.25) is 14.4 Å². The van der Waals surface area contributed by atoms with Crippen LogP contribution in [0.2, 0.25) is 5.02 Å². The molecular weight excluding hydrogens is 538 g/mol. The number of nitrogens with zero attached hydrogens (tertiary/aromatic N) is 2. The van der Waals surface area contributed by atoms with Crippen LogP contribution in [0.1, 0.15) is 69.4 Å². The summed E-state index contributed by atoms with van der Waals surface area (Å²) in [6.07, 6.45) is 1.26. The van der Waals surface area contributed by atoms with Gasteiger partial charge in [-0.25, -0.2) is 0 Å². The van der Waals surface area contributed by atoms with Crippen molar-refractivity contribution in [3.05, 3.63) is 88.9 Å². The Hall–Kier alpha value is -3.84. The average Bonchev–Trinajstić information content (AvgIpc) is 2.93. The van der Waals surface area contributed by atoms with Crippen LogP contribution in [0.25, 0.3) is 0 Å². The van der Waals surface area contributed by atoms with Gasteiger partial charge in [0.15, 0.2) is 0 Å². The van der Waals surface area contributed by atoms with E-state index in [0.717, 1.165) is 16.9 Å². The fourth-order valence-electron chi connectivity index (χ4n) is 5.08. The van der Waals surface area contributed by atoms with E-state index in [-0.39, 0.29) is 29.8 Å². The van der Waals surface area contributed by atoms with Crippen LogP contribution < -0.4 is 19.9 Å². The largest absolute Gasteiger partial charge is 0.494 e. The maximum atomic E-state index is 13.8. The summed E-state index contributed by atoms with van der Waals surface area (Å²) in [5, 5.41) is 3.52. The summed E-state index contributed by atoms with van der Waals surface area (Å²) in [5.74, 6) is 0.488. The third-order valence-corrected chi connectivity index (χ3v) is 7.44. The lowest BCUT2D eigenvalue weighted by Crippen LogP contribution is -2.47. The number of hydrogen-bond donors (Lipinski definition) is 1. The normalized spacial score (nSPS) is 16.5. The molecule has 4 rings (SSSR count). The van der Waals surface area contributed by atoms with Crippen LogP contribution in [0.5, 0.6) is 5.75 Å². The minimum absolute atomic E-state index is 0.0131. The summed E-state index contributed by atoms with van der Waals surface area (Å²) in [4.78, 5) is 42.3. The highest BCUT2D eigenvalue weighted by Gasteiger charge is 2.38. The monoisotopic (exact) mass is 575 g/mol. The van der Waals surface area contributed by atoms with E-state index in [9.17, 15) is 14.4 Å². The fourth-order valence-corrected chi connectivity index (χ4v) is 5.21. The molecule has 0 spiro atoms. The first-order chi connectivity index (χ1) is 19.5. The molecule has 0 fully saturated rings. The Balaban J connectivity index is 1.47. The first-order valence-corrected chi connectivity index (χ1v) is 14.3. The Bertz CT molecular complexity index is 1380. The Morgan fingerprint density at radius 2 is 1.66 bits per heavy atom. The van der Waals surface area contributed by atoms with Crippen LogP contribution >= 0.6 is 11.6 Å². The van der Waals surface area contributed by atoms with Crippen LogP contribution in [0.3, 0.4) is 0 Å². The zero-order valence-corrected chi connectivity index (χ0v) is 25.1. The minimum atomic E-state index is -0.417. The van der Waals surface area contributed by atoms with Gasteiger partial charge in [-0.2, -0.15) is 0 Å². The predicted octanol–water partition coefficient (Wildman–Crippen LogP) is 6.80. The molecule has 1 heterocycles. The van der Waals surface area contributed by atoms with Crippen molar-refractivity contribution in [2.75, 3.05) is 23.0 Å². The van der Waals surface area contributed by atoms with E-state index in [2.05, 4.69) is 5.32 Å². The van der Waals surface area contributed by atoms with Crippen molar-refractivity contribution in [1.29, 1.82) is 0 Å². The third-order valence-electron chi connectivity index (χ3n) is 7.19. The summed E-state index contributed by atoms with van der Waals surface area (Å²) in [6, 6.07) is 21.8. The number of hydrogen-bond acceptors (Lipinski definition) is 4. The predicted molar refractivity (Wildman–Crippen MR) is 164 cm³/mol. The maximum absolute atomic E-state index is 13.8. The van der Waals surface area contributed by atoms with E-state index in [0.29, 0.717) is 42.3 Å². The van der Waals surface area contributed by atoms with Crippen molar-refractivity contribution in [1.82, 2.24) is 5.32 Å². The number of amides is 3. The smallest absolute Gasteiger partial charge is 0.258 e. The molecule has 0 bridgehead atoms. The second-order valence-electron chi connectivity index (χ2n) is 11.4. The number of nitrogens with one attached hydrogen (secondary N) is 1. The van der Waals surface area contributed by atoms with Crippen LogP contribution in [-0.2, 0) is 9.59 Å². The first kappa shape index (κ1) is 30.1. The molecule has 1 aliphatic heterocycles. The standard InChI is InChI=1S/C33H38ClN3O4/c1-22-21-30(37(23(2)38)26-15-13-25(34)14-16-26)28-9-6-7-10-29(28)36(22)31(39)24-11-17-27(18-12-24)41-20-8-19-35-32(40)33(3,4)5/h6-7,9-18,22,30H,8,19-21H2,1-5H3,(H,35,40). The van der Waals surface area contributed by atoms with Crippen molar-refractivity contribution in [3.63, 3.8) is 0 Å². The number of benzene rings is 3. The van der Waals surface area contributed by atoms with Gasteiger partial charge in [-0.05, 0) is 79.9 Å². The third kappa shape index (κ3) is 7.09. The molecule has 3 aromatic carbocycles. The van der Waals surface area contributed by atoms with Gasteiger partial charge in [-0.15, -0.1) is 0 Å². The minimum Gasteiger partial charge on any atom is -0.494 e. The number of carbonyl (C=O) groups is 3. The summed E-state index contributed by atoms with van der Waals surface area (Å²) in [6.45, 7) is 10.2. The first-order valence-electron chi connectivity index (χ1n) is 14.0. The molecule has 0 saturated heterocycles. The van der Waals surface area contributed by atoms with Crippen LogP contribution in [0.4, 0.5) is 11.4 Å². The topological polar surface area (TPSA) is 79.0 Å². The lowest BCUT2D eigenvalue weighted by atomic mass is 9.89. The molecule has 41 heavy (non-hydrogen) atoms. The van der Waals surface area contributed by atoms with Gasteiger partial charge in [-0.1, -0.05) is 50.6 Å². The number of para-hydroxylation sites is 1. The molecule has 3 amide bonds. The lowest BCUT2D eigenvalue weighted by molar-refractivity contribution is -0.128. The van der Waals surface area contributed by atoms with E-state index in [4.69, 9.17) is 16.3 Å². The fraction of sp³-hybridized carbons (Fsp3) is 0.364. The Morgan fingerprint density at radius 3 is 2.29 bits per heavy atom. The van der Waals surface area contributed by atoms with Crippen molar-refractivity contribution in [3.8, 4) is 5.75 Å². The van der Waals surface area contributed by atoms with Gasteiger partial charge in [0.05, 0.1) is 12.6 Å².